The van der Waals surface area contributed by atoms with Gasteiger partial charge in [-0.2, -0.15) is 4.31 Å². The average Bonchev–Trinajstić information content (AvgIpc) is 2.67. The number of likely N-dealkylation sites (N-methyl/N-ethyl adjacent to an activating group) is 1. The Morgan fingerprint density at radius 2 is 1.77 bits per heavy atom. The van der Waals surface area contributed by atoms with Crippen LogP contribution in [0.15, 0.2) is 47.4 Å². The van der Waals surface area contributed by atoms with Gasteiger partial charge in [0.05, 0.1) is 17.4 Å². The van der Waals surface area contributed by atoms with Gasteiger partial charge in [0.15, 0.2) is 0 Å². The third-order valence-corrected chi connectivity index (χ3v) is 7.11. The second-order valence-electron chi connectivity index (χ2n) is 7.42. The fourth-order valence-electron chi connectivity index (χ4n) is 3.31. The van der Waals surface area contributed by atoms with E-state index in [0.29, 0.717) is 5.56 Å². The van der Waals surface area contributed by atoms with Gasteiger partial charge < -0.3 is 15.4 Å². The Kier molecular flexibility index (Phi) is 8.20. The summed E-state index contributed by atoms with van der Waals surface area (Å²) in [6.45, 7) is 6.92. The SMILES string of the molecule is CCN(CC(=O)N[C@@H](Cc1ccc(C)cc1C)B(O)O)S(=O)(=O)c1ccccc1C. The van der Waals surface area contributed by atoms with Crippen molar-refractivity contribution in [2.45, 2.75) is 45.0 Å². The molecule has 162 valence electrons. The molecule has 0 aliphatic heterocycles. The van der Waals surface area contributed by atoms with Crippen molar-refractivity contribution in [3.8, 4) is 0 Å². The van der Waals surface area contributed by atoms with Gasteiger partial charge in [0, 0.05) is 6.54 Å². The first-order valence-electron chi connectivity index (χ1n) is 9.83. The van der Waals surface area contributed by atoms with Crippen molar-refractivity contribution in [3.05, 3.63) is 64.7 Å². The minimum Gasteiger partial charge on any atom is -0.426 e. The Morgan fingerprint density at radius 1 is 1.10 bits per heavy atom. The number of carbonyl (C=O) groups excluding carboxylic acids is 1. The molecule has 0 bridgehead atoms. The van der Waals surface area contributed by atoms with Crippen LogP contribution in [0.3, 0.4) is 0 Å². The fraction of sp³-hybridized carbons (Fsp3) is 0.381. The maximum atomic E-state index is 13.0. The third kappa shape index (κ3) is 5.92. The topological polar surface area (TPSA) is 107 Å². The lowest BCUT2D eigenvalue weighted by Crippen LogP contribution is -2.51. The molecule has 2 rings (SSSR count). The minimum absolute atomic E-state index is 0.105. The van der Waals surface area contributed by atoms with E-state index in [-0.39, 0.29) is 17.9 Å². The minimum atomic E-state index is -3.86. The first kappa shape index (κ1) is 24.1. The molecule has 0 unspecified atom stereocenters. The Bertz CT molecular complexity index is 995. The van der Waals surface area contributed by atoms with Gasteiger partial charge in [-0.1, -0.05) is 48.9 Å². The summed E-state index contributed by atoms with van der Waals surface area (Å²) in [5.41, 5.74) is 3.53. The first-order chi connectivity index (χ1) is 14.1. The van der Waals surface area contributed by atoms with E-state index >= 15 is 0 Å². The molecule has 1 amide bonds. The van der Waals surface area contributed by atoms with Crippen molar-refractivity contribution >= 4 is 23.0 Å². The molecule has 1 atom stereocenters. The van der Waals surface area contributed by atoms with Crippen LogP contribution in [0.5, 0.6) is 0 Å². The highest BCUT2D eigenvalue weighted by molar-refractivity contribution is 7.89. The van der Waals surface area contributed by atoms with Gasteiger partial charge in [0.25, 0.3) is 0 Å². The number of hydrogen-bond acceptors (Lipinski definition) is 5. The Labute approximate surface area is 178 Å². The Morgan fingerprint density at radius 3 is 2.33 bits per heavy atom. The van der Waals surface area contributed by atoms with Crippen molar-refractivity contribution in [2.75, 3.05) is 13.1 Å². The van der Waals surface area contributed by atoms with Crippen molar-refractivity contribution in [1.29, 1.82) is 0 Å². The van der Waals surface area contributed by atoms with E-state index in [2.05, 4.69) is 5.32 Å². The number of rotatable bonds is 9. The molecule has 30 heavy (non-hydrogen) atoms. The van der Waals surface area contributed by atoms with Crippen LogP contribution in [0, 0.1) is 20.8 Å². The van der Waals surface area contributed by atoms with Crippen LogP contribution in [0.4, 0.5) is 0 Å². The van der Waals surface area contributed by atoms with Crippen LogP contribution >= 0.6 is 0 Å². The highest BCUT2D eigenvalue weighted by Crippen LogP contribution is 2.19. The van der Waals surface area contributed by atoms with Gasteiger partial charge in [0.1, 0.15) is 0 Å². The van der Waals surface area contributed by atoms with Crippen LogP contribution in [0.25, 0.3) is 0 Å². The van der Waals surface area contributed by atoms with E-state index < -0.39 is 35.5 Å². The summed E-state index contributed by atoms with van der Waals surface area (Å²) in [6, 6.07) is 12.4. The summed E-state index contributed by atoms with van der Waals surface area (Å²) in [5, 5.41) is 22.0. The highest BCUT2D eigenvalue weighted by atomic mass is 32.2. The van der Waals surface area contributed by atoms with Gasteiger partial charge >= 0.3 is 7.12 Å². The zero-order valence-corrected chi connectivity index (χ0v) is 18.6. The maximum absolute atomic E-state index is 13.0. The first-order valence-corrected chi connectivity index (χ1v) is 11.3. The van der Waals surface area contributed by atoms with Crippen molar-refractivity contribution in [3.63, 3.8) is 0 Å². The molecule has 0 saturated heterocycles. The Balaban J connectivity index is 2.14. The van der Waals surface area contributed by atoms with E-state index in [4.69, 9.17) is 0 Å². The number of nitrogens with one attached hydrogen (secondary N) is 1. The number of nitrogens with zero attached hydrogens (tertiary/aromatic N) is 1. The molecule has 9 heteroatoms. The lowest BCUT2D eigenvalue weighted by atomic mass is 9.75. The molecule has 0 saturated carbocycles. The zero-order chi connectivity index (χ0) is 22.5. The summed E-state index contributed by atoms with van der Waals surface area (Å²) in [6.07, 6.45) is 0.214. The van der Waals surface area contributed by atoms with Gasteiger partial charge in [-0.15, -0.1) is 0 Å². The molecule has 0 aromatic heterocycles. The van der Waals surface area contributed by atoms with Crippen LogP contribution in [0.1, 0.15) is 29.2 Å². The number of carbonyl (C=O) groups is 1. The highest BCUT2D eigenvalue weighted by Gasteiger charge is 2.30. The molecule has 3 N–H and O–H groups in total. The summed E-state index contributed by atoms with van der Waals surface area (Å²) in [5.74, 6) is -1.56. The summed E-state index contributed by atoms with van der Waals surface area (Å²) in [7, 11) is -5.64. The van der Waals surface area contributed by atoms with Crippen LogP contribution in [-0.4, -0.2) is 54.8 Å². The largest absolute Gasteiger partial charge is 0.475 e. The maximum Gasteiger partial charge on any atom is 0.475 e. The average molecular weight is 432 g/mol. The number of aryl methyl sites for hydroxylation is 3. The normalized spacial score (nSPS) is 12.6. The molecule has 2 aromatic carbocycles. The second kappa shape index (κ2) is 10.2. The summed E-state index contributed by atoms with van der Waals surface area (Å²) in [4.78, 5) is 12.7. The van der Waals surface area contributed by atoms with Crippen molar-refractivity contribution < 1.29 is 23.3 Å². The molecule has 2 aromatic rings. The standard InChI is InChI=1S/C21H29BN2O5S/c1-5-24(30(28,29)19-9-7-6-8-16(19)3)14-21(25)23-20(22(26)27)13-18-11-10-15(2)12-17(18)4/h6-12,20,26-27H,5,13-14H2,1-4H3,(H,23,25)/t20-/m0/s1. The van der Waals surface area contributed by atoms with Crippen LogP contribution < -0.4 is 5.32 Å². The lowest BCUT2D eigenvalue weighted by Gasteiger charge is -2.24. The lowest BCUT2D eigenvalue weighted by molar-refractivity contribution is -0.121. The van der Waals surface area contributed by atoms with Gasteiger partial charge in [-0.05, 0) is 49.9 Å². The molecule has 0 aliphatic rings. The predicted molar refractivity (Wildman–Crippen MR) is 117 cm³/mol. The monoisotopic (exact) mass is 432 g/mol. The zero-order valence-electron chi connectivity index (χ0n) is 17.8. The van der Waals surface area contributed by atoms with E-state index in [1.165, 1.54) is 6.07 Å². The summed E-state index contributed by atoms with van der Waals surface area (Å²) >= 11 is 0. The number of sulfonamides is 1. The number of amides is 1. The van der Waals surface area contributed by atoms with Crippen LogP contribution in [0.2, 0.25) is 0 Å². The summed E-state index contributed by atoms with van der Waals surface area (Å²) < 4.78 is 27.0. The second-order valence-corrected chi connectivity index (χ2v) is 9.32. The van der Waals surface area contributed by atoms with Crippen molar-refractivity contribution in [1.82, 2.24) is 9.62 Å². The smallest absolute Gasteiger partial charge is 0.426 e. The molecular formula is C21H29BN2O5S. The molecule has 0 spiro atoms. The molecule has 0 fully saturated rings. The predicted octanol–water partition coefficient (Wildman–Crippen LogP) is 1.36. The fourth-order valence-corrected chi connectivity index (χ4v) is 4.94. The van der Waals surface area contributed by atoms with E-state index in [0.717, 1.165) is 21.0 Å². The molecule has 7 nitrogen and oxygen atoms in total. The van der Waals surface area contributed by atoms with Gasteiger partial charge in [0.2, 0.25) is 15.9 Å². The van der Waals surface area contributed by atoms with E-state index in [1.807, 2.05) is 32.0 Å². The third-order valence-electron chi connectivity index (χ3n) is 5.03. The van der Waals surface area contributed by atoms with E-state index in [1.54, 1.807) is 32.0 Å². The number of benzene rings is 2. The van der Waals surface area contributed by atoms with E-state index in [9.17, 15) is 23.3 Å². The molecule has 0 heterocycles. The van der Waals surface area contributed by atoms with Crippen molar-refractivity contribution in [2.24, 2.45) is 0 Å². The Hall–Kier alpha value is -2.20. The number of hydrogen-bond donors (Lipinski definition) is 3. The molecule has 0 radical (unpaired) electrons. The van der Waals surface area contributed by atoms with Gasteiger partial charge in [-0.3, -0.25) is 4.79 Å². The quantitative estimate of drug-likeness (QED) is 0.519. The van der Waals surface area contributed by atoms with Gasteiger partial charge in [-0.25, -0.2) is 8.42 Å². The van der Waals surface area contributed by atoms with Crippen LogP contribution in [-0.2, 0) is 21.2 Å². The molecular weight excluding hydrogens is 403 g/mol. The molecule has 0 aliphatic carbocycles.